The first kappa shape index (κ1) is 22.1. The maximum Gasteiger partial charge on any atom is 0.348 e. The molecular weight excluding hydrogens is 444 g/mol. The zero-order chi connectivity index (χ0) is 22.7. The third kappa shape index (κ3) is 4.71. The van der Waals surface area contributed by atoms with Crippen molar-refractivity contribution in [1.29, 1.82) is 0 Å². The molecule has 1 atom stereocenters. The van der Waals surface area contributed by atoms with E-state index in [1.165, 1.54) is 11.3 Å². The molecule has 4 aromatic rings. The molecule has 1 unspecified atom stereocenters. The summed E-state index contributed by atoms with van der Waals surface area (Å²) in [7, 11) is 0. The van der Waals surface area contributed by atoms with Gasteiger partial charge in [0.2, 0.25) is 0 Å². The van der Waals surface area contributed by atoms with Crippen molar-refractivity contribution in [2.24, 2.45) is 0 Å². The molecule has 5 nitrogen and oxygen atoms in total. The number of ether oxygens (including phenoxy) is 1. The molecule has 0 fully saturated rings. The second-order valence-corrected chi connectivity index (χ2v) is 8.98. The number of nitrogens with one attached hydrogen (secondary N) is 1. The van der Waals surface area contributed by atoms with E-state index in [-0.39, 0.29) is 17.9 Å². The molecule has 0 saturated heterocycles. The quantitative estimate of drug-likeness (QED) is 0.336. The minimum Gasteiger partial charge on any atom is -0.462 e. The summed E-state index contributed by atoms with van der Waals surface area (Å²) in [5, 5.41) is 4.76. The number of esters is 1. The Balaban J connectivity index is 1.56. The fourth-order valence-corrected chi connectivity index (χ4v) is 4.64. The van der Waals surface area contributed by atoms with Gasteiger partial charge in [0.15, 0.2) is 0 Å². The Morgan fingerprint density at radius 1 is 1.09 bits per heavy atom. The van der Waals surface area contributed by atoms with Crippen LogP contribution in [-0.4, -0.2) is 23.1 Å². The second kappa shape index (κ2) is 9.59. The molecule has 1 N–H and O–H groups in total. The molecule has 2 aromatic heterocycles. The molecule has 2 heterocycles. The van der Waals surface area contributed by atoms with Gasteiger partial charge in [0.25, 0.3) is 5.91 Å². The lowest BCUT2D eigenvalue weighted by Crippen LogP contribution is -2.26. The van der Waals surface area contributed by atoms with Crippen molar-refractivity contribution >= 4 is 45.7 Å². The Hall–Kier alpha value is -3.09. The summed E-state index contributed by atoms with van der Waals surface area (Å²) in [4.78, 5) is 26.6. The van der Waals surface area contributed by atoms with Gasteiger partial charge in [-0.05, 0) is 55.8 Å². The van der Waals surface area contributed by atoms with Crippen LogP contribution in [0.2, 0.25) is 5.02 Å². The summed E-state index contributed by atoms with van der Waals surface area (Å²) in [6.45, 7) is 4.65. The van der Waals surface area contributed by atoms with Gasteiger partial charge in [-0.1, -0.05) is 35.9 Å². The summed E-state index contributed by atoms with van der Waals surface area (Å²) in [6, 6.07) is 18.8. The molecule has 2 aromatic carbocycles. The van der Waals surface area contributed by atoms with E-state index in [1.807, 2.05) is 67.7 Å². The van der Waals surface area contributed by atoms with Gasteiger partial charge in [-0.25, -0.2) is 4.79 Å². The lowest BCUT2D eigenvalue weighted by atomic mass is 10.1. The van der Waals surface area contributed by atoms with Crippen LogP contribution in [0.5, 0.6) is 0 Å². The highest BCUT2D eigenvalue weighted by molar-refractivity contribution is 7.14. The van der Waals surface area contributed by atoms with Crippen LogP contribution in [0.3, 0.4) is 0 Å². The highest BCUT2D eigenvalue weighted by Gasteiger charge is 2.19. The number of para-hydroxylation sites is 1. The minimum atomic E-state index is -0.341. The van der Waals surface area contributed by atoms with Crippen LogP contribution in [0.25, 0.3) is 10.9 Å². The summed E-state index contributed by atoms with van der Waals surface area (Å²) < 4.78 is 7.12. The summed E-state index contributed by atoms with van der Waals surface area (Å²) in [6.07, 6.45) is 1.99. The normalized spacial score (nSPS) is 12.0. The van der Waals surface area contributed by atoms with Gasteiger partial charge in [0, 0.05) is 28.0 Å². The smallest absolute Gasteiger partial charge is 0.348 e. The first-order valence-electron chi connectivity index (χ1n) is 10.4. The predicted octanol–water partition coefficient (Wildman–Crippen LogP) is 6.07. The number of fused-ring (bicyclic) bond motifs is 1. The van der Waals surface area contributed by atoms with E-state index in [4.69, 9.17) is 16.3 Å². The predicted molar refractivity (Wildman–Crippen MR) is 129 cm³/mol. The Morgan fingerprint density at radius 3 is 2.62 bits per heavy atom. The Morgan fingerprint density at radius 2 is 1.88 bits per heavy atom. The number of hydrogen-bond acceptors (Lipinski definition) is 4. The fourth-order valence-electron chi connectivity index (χ4n) is 3.61. The van der Waals surface area contributed by atoms with E-state index in [2.05, 4.69) is 9.88 Å². The van der Waals surface area contributed by atoms with Crippen LogP contribution < -0.4 is 5.32 Å². The van der Waals surface area contributed by atoms with E-state index < -0.39 is 0 Å². The number of aromatic nitrogens is 1. The summed E-state index contributed by atoms with van der Waals surface area (Å²) >= 11 is 7.34. The van der Waals surface area contributed by atoms with Crippen molar-refractivity contribution in [3.8, 4) is 0 Å². The summed E-state index contributed by atoms with van der Waals surface area (Å²) in [5.41, 5.74) is 2.58. The third-order valence-corrected chi connectivity index (χ3v) is 6.68. The summed E-state index contributed by atoms with van der Waals surface area (Å²) in [5.74, 6) is -0.502. The van der Waals surface area contributed by atoms with Crippen molar-refractivity contribution in [1.82, 2.24) is 9.88 Å². The van der Waals surface area contributed by atoms with Crippen LogP contribution in [-0.2, 0) is 11.3 Å². The van der Waals surface area contributed by atoms with Crippen molar-refractivity contribution < 1.29 is 14.3 Å². The van der Waals surface area contributed by atoms with E-state index in [9.17, 15) is 9.59 Å². The molecule has 0 radical (unpaired) electrons. The molecule has 0 aliphatic carbocycles. The van der Waals surface area contributed by atoms with Crippen molar-refractivity contribution in [2.75, 3.05) is 6.61 Å². The van der Waals surface area contributed by atoms with E-state index in [0.717, 1.165) is 21.3 Å². The van der Waals surface area contributed by atoms with E-state index >= 15 is 0 Å². The molecular formula is C25H23ClN2O3S. The number of rotatable bonds is 7. The highest BCUT2D eigenvalue weighted by Crippen LogP contribution is 2.26. The zero-order valence-electron chi connectivity index (χ0n) is 17.8. The standard InChI is InChI=1S/C25H23ClN2O3S/c1-3-31-25(30)22-12-11-21(32-22)16(2)27-24(29)20-6-4-5-18-13-14-28(23(18)20)15-17-7-9-19(26)10-8-17/h4-14,16H,3,15H2,1-2H3,(H,27,29). The first-order valence-corrected chi connectivity index (χ1v) is 11.6. The third-order valence-electron chi connectivity index (χ3n) is 5.18. The maximum atomic E-state index is 13.2. The average molecular weight is 467 g/mol. The Bertz CT molecular complexity index is 1260. The minimum absolute atomic E-state index is 0.162. The number of carbonyl (C=O) groups is 2. The molecule has 0 aliphatic heterocycles. The SMILES string of the molecule is CCOC(=O)c1ccc(C(C)NC(=O)c2cccc3ccn(Cc4ccc(Cl)cc4)c23)s1. The van der Waals surface area contributed by atoms with Gasteiger partial charge in [0.1, 0.15) is 4.88 Å². The molecule has 4 rings (SSSR count). The molecule has 32 heavy (non-hydrogen) atoms. The van der Waals surface area contributed by atoms with Crippen LogP contribution in [0.1, 0.15) is 50.4 Å². The number of amides is 1. The van der Waals surface area contributed by atoms with Gasteiger partial charge >= 0.3 is 5.97 Å². The largest absolute Gasteiger partial charge is 0.462 e. The van der Waals surface area contributed by atoms with Gasteiger partial charge in [-0.2, -0.15) is 0 Å². The molecule has 1 amide bonds. The first-order chi connectivity index (χ1) is 15.5. The topological polar surface area (TPSA) is 60.3 Å². The Labute approximate surface area is 195 Å². The van der Waals surface area contributed by atoms with E-state index in [1.54, 1.807) is 13.0 Å². The highest BCUT2D eigenvalue weighted by atomic mass is 35.5. The lowest BCUT2D eigenvalue weighted by molar-refractivity contribution is 0.0532. The van der Waals surface area contributed by atoms with Gasteiger partial charge in [0.05, 0.1) is 23.7 Å². The second-order valence-electron chi connectivity index (χ2n) is 7.43. The van der Waals surface area contributed by atoms with Crippen LogP contribution >= 0.6 is 22.9 Å². The number of carbonyl (C=O) groups excluding carboxylic acids is 2. The molecule has 0 spiro atoms. The lowest BCUT2D eigenvalue weighted by Gasteiger charge is -2.14. The van der Waals surface area contributed by atoms with Gasteiger partial charge < -0.3 is 14.6 Å². The average Bonchev–Trinajstić information content (AvgIpc) is 3.43. The maximum absolute atomic E-state index is 13.2. The van der Waals surface area contributed by atoms with Crippen LogP contribution in [0, 0.1) is 0 Å². The number of nitrogens with zero attached hydrogens (tertiary/aromatic N) is 1. The number of benzene rings is 2. The Kier molecular flexibility index (Phi) is 6.63. The molecule has 0 bridgehead atoms. The van der Waals surface area contributed by atoms with Crippen molar-refractivity contribution in [3.05, 3.63) is 92.8 Å². The van der Waals surface area contributed by atoms with Crippen molar-refractivity contribution in [3.63, 3.8) is 0 Å². The van der Waals surface area contributed by atoms with Crippen LogP contribution in [0.15, 0.2) is 66.9 Å². The number of thiophene rings is 1. The fraction of sp³-hybridized carbons (Fsp3) is 0.200. The van der Waals surface area contributed by atoms with E-state index in [0.29, 0.717) is 28.6 Å². The molecule has 0 aliphatic rings. The molecule has 7 heteroatoms. The van der Waals surface area contributed by atoms with Gasteiger partial charge in [-0.3, -0.25) is 4.79 Å². The number of halogens is 1. The molecule has 164 valence electrons. The zero-order valence-corrected chi connectivity index (χ0v) is 19.4. The monoisotopic (exact) mass is 466 g/mol. The molecule has 0 saturated carbocycles. The number of hydrogen-bond donors (Lipinski definition) is 1. The van der Waals surface area contributed by atoms with Gasteiger partial charge in [-0.15, -0.1) is 11.3 Å². The van der Waals surface area contributed by atoms with Crippen molar-refractivity contribution in [2.45, 2.75) is 26.4 Å². The van der Waals surface area contributed by atoms with Crippen LogP contribution in [0.4, 0.5) is 0 Å².